The van der Waals surface area contributed by atoms with Gasteiger partial charge < -0.3 is 11.2 Å². The minimum atomic E-state index is -0.282. The Hall–Kier alpha value is -1.45. The molecule has 4 nitrogen and oxygen atoms in total. The summed E-state index contributed by atoms with van der Waals surface area (Å²) in [6.45, 7) is 4.58. The predicted octanol–water partition coefficient (Wildman–Crippen LogP) is 0.524. The summed E-state index contributed by atoms with van der Waals surface area (Å²) in [7, 11) is 0. The average Bonchev–Trinajstić information content (AvgIpc) is 2.34. The van der Waals surface area contributed by atoms with Gasteiger partial charge in [-0.25, -0.2) is 0 Å². The average molecular weight is 181 g/mol. The quantitative estimate of drug-likeness (QED) is 0.711. The molecular formula is C9H15N3O. The highest BCUT2D eigenvalue weighted by Crippen LogP contribution is 2.03. The molecule has 1 rings (SSSR count). The number of nitrogens with one attached hydrogen (secondary N) is 1. The number of carbonyl (C=O) groups excluding carboxylic acids is 1. The number of aromatic nitrogens is 1. The number of hydrogen-bond donors (Lipinski definition) is 2. The maximum Gasteiger partial charge on any atom is 0.219 e. The molecule has 0 fully saturated rings. The lowest BCUT2D eigenvalue weighted by atomic mass is 10.4. The first-order valence-electron chi connectivity index (χ1n) is 4.28. The molecule has 0 aliphatic carbocycles. The normalized spacial score (nSPS) is 10.0. The summed E-state index contributed by atoms with van der Waals surface area (Å²) in [5, 5.41) is 0. The van der Waals surface area contributed by atoms with Crippen molar-refractivity contribution in [3.63, 3.8) is 0 Å². The number of aryl methyl sites for hydroxylation is 2. The van der Waals surface area contributed by atoms with Crippen LogP contribution >= 0.6 is 0 Å². The molecule has 0 aromatic carbocycles. The highest BCUT2D eigenvalue weighted by Gasteiger charge is 1.99. The molecule has 1 heterocycles. The van der Waals surface area contributed by atoms with Crippen molar-refractivity contribution in [2.45, 2.75) is 20.3 Å². The van der Waals surface area contributed by atoms with Crippen molar-refractivity contribution < 1.29 is 4.79 Å². The fraction of sp³-hybridized carbons (Fsp3) is 0.444. The number of amides is 1. The van der Waals surface area contributed by atoms with Crippen LogP contribution in [-0.4, -0.2) is 17.1 Å². The van der Waals surface area contributed by atoms with E-state index in [0.717, 1.165) is 11.4 Å². The molecule has 0 atom stereocenters. The zero-order chi connectivity index (χ0) is 9.84. The predicted molar refractivity (Wildman–Crippen MR) is 51.9 cm³/mol. The number of nitrogens with two attached hydrogens (primary N) is 1. The van der Waals surface area contributed by atoms with Crippen molar-refractivity contribution in [3.05, 3.63) is 23.5 Å². The fourth-order valence-electron chi connectivity index (χ4n) is 1.21. The number of primary amides is 1. The Labute approximate surface area is 77.7 Å². The monoisotopic (exact) mass is 181 g/mol. The van der Waals surface area contributed by atoms with Gasteiger partial charge in [-0.2, -0.15) is 0 Å². The zero-order valence-electron chi connectivity index (χ0n) is 8.00. The summed E-state index contributed by atoms with van der Waals surface area (Å²) in [6, 6.07) is 4.04. The van der Waals surface area contributed by atoms with Crippen molar-refractivity contribution in [2.75, 3.05) is 12.0 Å². The van der Waals surface area contributed by atoms with Gasteiger partial charge in [-0.3, -0.25) is 9.47 Å². The van der Waals surface area contributed by atoms with Crippen molar-refractivity contribution >= 4 is 5.91 Å². The van der Waals surface area contributed by atoms with Crippen LogP contribution in [0.5, 0.6) is 0 Å². The number of carbonyl (C=O) groups is 1. The molecule has 0 aliphatic heterocycles. The van der Waals surface area contributed by atoms with Crippen LogP contribution in [0.4, 0.5) is 0 Å². The van der Waals surface area contributed by atoms with Gasteiger partial charge in [0.15, 0.2) is 0 Å². The van der Waals surface area contributed by atoms with Crippen LogP contribution < -0.4 is 11.2 Å². The highest BCUT2D eigenvalue weighted by atomic mass is 16.1. The van der Waals surface area contributed by atoms with E-state index in [1.165, 1.54) is 0 Å². The molecule has 0 saturated carbocycles. The smallest absolute Gasteiger partial charge is 0.219 e. The van der Waals surface area contributed by atoms with E-state index in [1.54, 1.807) is 0 Å². The van der Waals surface area contributed by atoms with Gasteiger partial charge in [0.2, 0.25) is 5.91 Å². The van der Waals surface area contributed by atoms with Gasteiger partial charge in [0.25, 0.3) is 0 Å². The maximum atomic E-state index is 10.5. The molecule has 1 aromatic rings. The van der Waals surface area contributed by atoms with E-state index in [9.17, 15) is 4.79 Å². The van der Waals surface area contributed by atoms with Gasteiger partial charge >= 0.3 is 0 Å². The molecule has 4 heteroatoms. The van der Waals surface area contributed by atoms with E-state index in [2.05, 4.69) is 5.43 Å². The van der Waals surface area contributed by atoms with E-state index in [4.69, 9.17) is 5.73 Å². The first kappa shape index (κ1) is 9.64. The lowest BCUT2D eigenvalue weighted by Gasteiger charge is -2.11. The van der Waals surface area contributed by atoms with Crippen molar-refractivity contribution in [3.8, 4) is 0 Å². The lowest BCUT2D eigenvalue weighted by molar-refractivity contribution is -0.117. The Bertz CT molecular complexity index is 284. The Morgan fingerprint density at radius 1 is 1.46 bits per heavy atom. The third-order valence-corrected chi connectivity index (χ3v) is 1.91. The third kappa shape index (κ3) is 2.50. The zero-order valence-corrected chi connectivity index (χ0v) is 8.00. The van der Waals surface area contributed by atoms with Gasteiger partial charge in [-0.05, 0) is 26.0 Å². The van der Waals surface area contributed by atoms with E-state index < -0.39 is 0 Å². The summed E-state index contributed by atoms with van der Waals surface area (Å²) in [5.74, 6) is -0.282. The van der Waals surface area contributed by atoms with Gasteiger partial charge in [0.05, 0.1) is 0 Å². The van der Waals surface area contributed by atoms with Gasteiger partial charge in [-0.1, -0.05) is 0 Å². The van der Waals surface area contributed by atoms with Crippen molar-refractivity contribution in [2.24, 2.45) is 5.73 Å². The first-order chi connectivity index (χ1) is 6.11. The van der Waals surface area contributed by atoms with Crippen LogP contribution in [0.3, 0.4) is 0 Å². The van der Waals surface area contributed by atoms with Crippen LogP contribution in [0.2, 0.25) is 0 Å². The molecule has 0 unspecified atom stereocenters. The largest absolute Gasteiger partial charge is 0.370 e. The minimum Gasteiger partial charge on any atom is -0.370 e. The van der Waals surface area contributed by atoms with Crippen LogP contribution in [0.1, 0.15) is 17.8 Å². The molecule has 1 amide bonds. The van der Waals surface area contributed by atoms with Gasteiger partial charge in [0, 0.05) is 24.4 Å². The first-order valence-corrected chi connectivity index (χ1v) is 4.28. The fourth-order valence-corrected chi connectivity index (χ4v) is 1.21. The maximum absolute atomic E-state index is 10.5. The van der Waals surface area contributed by atoms with Crippen LogP contribution in [0.25, 0.3) is 0 Å². The molecular weight excluding hydrogens is 166 g/mol. The SMILES string of the molecule is Cc1ccc(C)n1NCCC(N)=O. The number of rotatable bonds is 4. The topological polar surface area (TPSA) is 60.1 Å². The molecule has 1 aromatic heterocycles. The van der Waals surface area contributed by atoms with E-state index in [1.807, 2.05) is 30.7 Å². The van der Waals surface area contributed by atoms with Gasteiger partial charge in [-0.15, -0.1) is 0 Å². The Balaban J connectivity index is 2.49. The molecule has 0 bridgehead atoms. The van der Waals surface area contributed by atoms with E-state index in [0.29, 0.717) is 13.0 Å². The van der Waals surface area contributed by atoms with Gasteiger partial charge in [0.1, 0.15) is 0 Å². The minimum absolute atomic E-state index is 0.282. The third-order valence-electron chi connectivity index (χ3n) is 1.91. The Morgan fingerprint density at radius 2 is 2.00 bits per heavy atom. The number of nitrogens with zero attached hydrogens (tertiary/aromatic N) is 1. The molecule has 0 saturated heterocycles. The van der Waals surface area contributed by atoms with Crippen LogP contribution in [-0.2, 0) is 4.79 Å². The number of hydrogen-bond acceptors (Lipinski definition) is 2. The molecule has 0 aliphatic rings. The highest BCUT2D eigenvalue weighted by molar-refractivity contribution is 5.74. The second-order valence-electron chi connectivity index (χ2n) is 3.08. The van der Waals surface area contributed by atoms with Crippen LogP contribution in [0, 0.1) is 13.8 Å². The second kappa shape index (κ2) is 3.98. The molecule has 3 N–H and O–H groups in total. The summed E-state index contributed by atoms with van der Waals surface area (Å²) in [6.07, 6.45) is 0.358. The van der Waals surface area contributed by atoms with Crippen molar-refractivity contribution in [1.82, 2.24) is 4.68 Å². The molecule has 0 spiro atoms. The standard InChI is InChI=1S/C9H15N3O/c1-7-3-4-8(2)12(7)11-6-5-9(10)13/h3-4,11H,5-6H2,1-2H3,(H2,10,13). The Kier molecular flexibility index (Phi) is 2.95. The summed E-state index contributed by atoms with van der Waals surface area (Å²) >= 11 is 0. The lowest BCUT2D eigenvalue weighted by Crippen LogP contribution is -2.23. The Morgan fingerprint density at radius 3 is 2.46 bits per heavy atom. The van der Waals surface area contributed by atoms with Crippen LogP contribution in [0.15, 0.2) is 12.1 Å². The van der Waals surface area contributed by atoms with Crippen molar-refractivity contribution in [1.29, 1.82) is 0 Å². The van der Waals surface area contributed by atoms with E-state index in [-0.39, 0.29) is 5.91 Å². The molecule has 72 valence electrons. The van der Waals surface area contributed by atoms with E-state index >= 15 is 0 Å². The summed E-state index contributed by atoms with van der Waals surface area (Å²) in [5.41, 5.74) is 10.4. The molecule has 0 radical (unpaired) electrons. The molecule has 13 heavy (non-hydrogen) atoms. The second-order valence-corrected chi connectivity index (χ2v) is 3.08. The summed E-state index contributed by atoms with van der Waals surface area (Å²) in [4.78, 5) is 10.5. The summed E-state index contributed by atoms with van der Waals surface area (Å²) < 4.78 is 1.95.